The summed E-state index contributed by atoms with van der Waals surface area (Å²) in [6.07, 6.45) is 0. The molecular weight excluding hydrogens is 318 g/mol. The van der Waals surface area contributed by atoms with Gasteiger partial charge in [0.2, 0.25) is 0 Å². The monoisotopic (exact) mass is 336 g/mol. The van der Waals surface area contributed by atoms with E-state index in [1.807, 2.05) is 24.6 Å². The number of thiophene rings is 1. The molecule has 8 heteroatoms. The zero-order valence-corrected chi connectivity index (χ0v) is 13.7. The number of rotatable bonds is 7. The van der Waals surface area contributed by atoms with Gasteiger partial charge in [0.15, 0.2) is 6.54 Å². The number of amides is 1. The molecule has 0 aliphatic carbocycles. The first-order chi connectivity index (χ1) is 11.0. The summed E-state index contributed by atoms with van der Waals surface area (Å²) in [6, 6.07) is 8.11. The number of carbonyl (C=O) groups excluding carboxylic acids is 1. The van der Waals surface area contributed by atoms with Gasteiger partial charge in [0, 0.05) is 6.07 Å². The number of likely N-dealkylation sites (N-methyl/N-ethyl adjacent to an activating group) is 1. The highest BCUT2D eigenvalue weighted by atomic mass is 32.1. The van der Waals surface area contributed by atoms with Crippen LogP contribution < -0.4 is 15.0 Å². The van der Waals surface area contributed by atoms with Crippen LogP contribution in [0.15, 0.2) is 35.7 Å². The second-order valence-electron chi connectivity index (χ2n) is 5.08. The van der Waals surface area contributed by atoms with Gasteiger partial charge in [0.25, 0.3) is 11.6 Å². The molecule has 0 spiro atoms. The second kappa shape index (κ2) is 7.70. The zero-order chi connectivity index (χ0) is 16.8. The molecular formula is C15H18N3O4S+. The molecule has 2 N–H and O–H groups in total. The summed E-state index contributed by atoms with van der Waals surface area (Å²) in [5, 5.41) is 15.5. The highest BCUT2D eigenvalue weighted by Gasteiger charge is 2.16. The van der Waals surface area contributed by atoms with Crippen LogP contribution >= 0.6 is 11.3 Å². The Labute approximate surface area is 137 Å². The van der Waals surface area contributed by atoms with Crippen LogP contribution in [0.2, 0.25) is 0 Å². The first-order valence-electron chi connectivity index (χ1n) is 6.95. The van der Waals surface area contributed by atoms with Crippen LogP contribution in [-0.2, 0) is 11.3 Å². The van der Waals surface area contributed by atoms with Gasteiger partial charge in [0.05, 0.1) is 35.7 Å². The fourth-order valence-electron chi connectivity index (χ4n) is 2.14. The molecule has 0 aliphatic rings. The molecule has 0 saturated heterocycles. The van der Waals surface area contributed by atoms with Crippen molar-refractivity contribution in [1.82, 2.24) is 0 Å². The van der Waals surface area contributed by atoms with Crippen molar-refractivity contribution in [2.45, 2.75) is 6.54 Å². The van der Waals surface area contributed by atoms with Gasteiger partial charge < -0.3 is 15.0 Å². The lowest BCUT2D eigenvalue weighted by molar-refractivity contribution is -0.884. The van der Waals surface area contributed by atoms with Gasteiger partial charge >= 0.3 is 0 Å². The molecule has 2 rings (SSSR count). The van der Waals surface area contributed by atoms with Crippen LogP contribution in [0.3, 0.4) is 0 Å². The molecule has 0 bridgehead atoms. The number of nitrogens with one attached hydrogen (secondary N) is 2. The molecule has 23 heavy (non-hydrogen) atoms. The van der Waals surface area contributed by atoms with Crippen LogP contribution in [-0.4, -0.2) is 31.5 Å². The number of anilines is 1. The van der Waals surface area contributed by atoms with E-state index in [2.05, 4.69) is 5.32 Å². The molecule has 0 fully saturated rings. The minimum Gasteiger partial charge on any atom is -0.494 e. The number of non-ortho nitro benzene ring substituents is 1. The van der Waals surface area contributed by atoms with Crippen molar-refractivity contribution in [2.75, 3.05) is 26.0 Å². The number of hydrogen-bond acceptors (Lipinski definition) is 5. The van der Waals surface area contributed by atoms with Crippen molar-refractivity contribution in [1.29, 1.82) is 0 Å². The van der Waals surface area contributed by atoms with Crippen LogP contribution in [0.1, 0.15) is 4.88 Å². The number of ether oxygens (including phenoxy) is 1. The summed E-state index contributed by atoms with van der Waals surface area (Å²) in [5.74, 6) is 0.0923. The Balaban J connectivity index is 1.98. The number of quaternary nitrogens is 1. The molecule has 7 nitrogen and oxygen atoms in total. The number of nitrogens with zero attached hydrogens (tertiary/aromatic N) is 1. The smallest absolute Gasteiger partial charge is 0.279 e. The average molecular weight is 336 g/mol. The maximum Gasteiger partial charge on any atom is 0.279 e. The number of benzene rings is 1. The van der Waals surface area contributed by atoms with Crippen molar-refractivity contribution < 1.29 is 19.4 Å². The van der Waals surface area contributed by atoms with Gasteiger partial charge in [0.1, 0.15) is 12.3 Å². The van der Waals surface area contributed by atoms with E-state index in [1.165, 1.54) is 30.2 Å². The number of nitro benzene ring substituents is 1. The lowest BCUT2D eigenvalue weighted by Gasteiger charge is -2.14. The Morgan fingerprint density at radius 3 is 2.83 bits per heavy atom. The van der Waals surface area contributed by atoms with Gasteiger partial charge in [-0.05, 0) is 17.5 Å². The Bertz CT molecular complexity index is 688. The molecule has 1 aromatic carbocycles. The third kappa shape index (κ3) is 4.76. The Kier molecular flexibility index (Phi) is 5.67. The van der Waals surface area contributed by atoms with Crippen LogP contribution in [0.25, 0.3) is 0 Å². The van der Waals surface area contributed by atoms with Gasteiger partial charge in [-0.2, -0.15) is 0 Å². The molecule has 1 unspecified atom stereocenters. The van der Waals surface area contributed by atoms with Gasteiger partial charge in [-0.1, -0.05) is 6.07 Å². The third-order valence-corrected chi connectivity index (χ3v) is 4.06. The molecule has 0 saturated carbocycles. The molecule has 122 valence electrons. The van der Waals surface area contributed by atoms with Gasteiger partial charge in [-0.25, -0.2) is 0 Å². The summed E-state index contributed by atoms with van der Waals surface area (Å²) < 4.78 is 5.10. The van der Waals surface area contributed by atoms with Crippen molar-refractivity contribution in [3.8, 4) is 5.75 Å². The average Bonchev–Trinajstić information content (AvgIpc) is 2.99. The van der Waals surface area contributed by atoms with Crippen LogP contribution in [0.4, 0.5) is 11.4 Å². The summed E-state index contributed by atoms with van der Waals surface area (Å²) in [6.45, 7) is 1.06. The molecule has 1 heterocycles. The highest BCUT2D eigenvalue weighted by Crippen LogP contribution is 2.28. The van der Waals surface area contributed by atoms with E-state index in [9.17, 15) is 14.9 Å². The maximum atomic E-state index is 12.1. The summed E-state index contributed by atoms with van der Waals surface area (Å²) >= 11 is 1.66. The maximum absolute atomic E-state index is 12.1. The first-order valence-corrected chi connectivity index (χ1v) is 7.83. The van der Waals surface area contributed by atoms with E-state index in [4.69, 9.17) is 4.74 Å². The van der Waals surface area contributed by atoms with Crippen LogP contribution in [0, 0.1) is 10.1 Å². The predicted molar refractivity (Wildman–Crippen MR) is 88.1 cm³/mol. The lowest BCUT2D eigenvalue weighted by atomic mass is 10.2. The minimum absolute atomic E-state index is 0.0831. The Morgan fingerprint density at radius 2 is 2.22 bits per heavy atom. The molecule has 2 aromatic rings. The number of methoxy groups -OCH3 is 1. The fraction of sp³-hybridized carbons (Fsp3) is 0.267. The third-order valence-electron chi connectivity index (χ3n) is 3.19. The quantitative estimate of drug-likeness (QED) is 0.590. The van der Waals surface area contributed by atoms with E-state index in [0.29, 0.717) is 5.69 Å². The van der Waals surface area contributed by atoms with Crippen molar-refractivity contribution >= 4 is 28.6 Å². The molecule has 1 atom stereocenters. The van der Waals surface area contributed by atoms with E-state index < -0.39 is 4.92 Å². The number of nitro groups is 1. The lowest BCUT2D eigenvalue weighted by Crippen LogP contribution is -3.08. The standard InChI is InChI=1S/C15H17N3O4S/c1-17(9-12-4-3-7-23-12)10-15(19)16-13-6-5-11(18(20)21)8-14(13)22-2/h3-8H,9-10H2,1-2H3,(H,16,19)/p+1. The largest absolute Gasteiger partial charge is 0.494 e. The molecule has 1 amide bonds. The highest BCUT2D eigenvalue weighted by molar-refractivity contribution is 7.09. The summed E-state index contributed by atoms with van der Waals surface area (Å²) in [7, 11) is 3.34. The number of hydrogen-bond donors (Lipinski definition) is 2. The van der Waals surface area contributed by atoms with Crippen molar-refractivity contribution in [3.63, 3.8) is 0 Å². The Morgan fingerprint density at radius 1 is 1.43 bits per heavy atom. The normalized spacial score (nSPS) is 11.7. The van der Waals surface area contributed by atoms with Gasteiger partial charge in [-0.15, -0.1) is 11.3 Å². The minimum atomic E-state index is -0.507. The van der Waals surface area contributed by atoms with E-state index in [1.54, 1.807) is 11.3 Å². The van der Waals surface area contributed by atoms with E-state index in [0.717, 1.165) is 11.4 Å². The fourth-order valence-corrected chi connectivity index (χ4v) is 2.96. The topological polar surface area (TPSA) is 85.9 Å². The van der Waals surface area contributed by atoms with Crippen molar-refractivity contribution in [3.05, 3.63) is 50.7 Å². The van der Waals surface area contributed by atoms with Crippen molar-refractivity contribution in [2.24, 2.45) is 0 Å². The first kappa shape index (κ1) is 16.9. The number of carbonyl (C=O) groups is 1. The summed E-state index contributed by atoms with van der Waals surface area (Å²) in [5.41, 5.74) is 0.340. The second-order valence-corrected chi connectivity index (χ2v) is 6.11. The molecule has 0 radical (unpaired) electrons. The van der Waals surface area contributed by atoms with E-state index in [-0.39, 0.29) is 23.9 Å². The zero-order valence-electron chi connectivity index (χ0n) is 12.9. The summed E-state index contributed by atoms with van der Waals surface area (Å²) in [4.78, 5) is 24.6. The molecule has 0 aliphatic heterocycles. The SMILES string of the molecule is COc1cc([N+](=O)[O-])ccc1NC(=O)C[NH+](C)Cc1cccs1. The molecule has 1 aromatic heterocycles. The van der Waals surface area contributed by atoms with Crippen LogP contribution in [0.5, 0.6) is 5.75 Å². The van der Waals surface area contributed by atoms with E-state index >= 15 is 0 Å². The Hall–Kier alpha value is -2.45. The van der Waals surface area contributed by atoms with Gasteiger partial charge in [-0.3, -0.25) is 14.9 Å². The predicted octanol–water partition coefficient (Wildman–Crippen LogP) is 1.32.